The molecule has 3 aromatic carbocycles. The van der Waals surface area contributed by atoms with E-state index in [0.717, 1.165) is 5.39 Å². The van der Waals surface area contributed by atoms with Gasteiger partial charge in [0.2, 0.25) is 11.5 Å². The zero-order valence-electron chi connectivity index (χ0n) is 16.3. The van der Waals surface area contributed by atoms with Gasteiger partial charge in [-0.1, -0.05) is 36.4 Å². The van der Waals surface area contributed by atoms with E-state index in [9.17, 15) is 14.0 Å². The van der Waals surface area contributed by atoms with Crippen LogP contribution in [-0.2, 0) is 0 Å². The van der Waals surface area contributed by atoms with Gasteiger partial charge in [0.15, 0.2) is 5.76 Å². The fourth-order valence-electron chi connectivity index (χ4n) is 3.44. The van der Waals surface area contributed by atoms with Gasteiger partial charge in [0, 0.05) is 16.5 Å². The Morgan fingerprint density at radius 3 is 2.61 bits per heavy atom. The van der Waals surface area contributed by atoms with Gasteiger partial charge in [0.25, 0.3) is 0 Å². The SMILES string of the molecule is Cc1c(OC(=O)c2cc3ccccc3o2)ccc2c1O/C(=C\c1ccccc1F)C2=O. The van der Waals surface area contributed by atoms with Crippen LogP contribution < -0.4 is 9.47 Å². The van der Waals surface area contributed by atoms with Gasteiger partial charge < -0.3 is 13.9 Å². The molecule has 0 amide bonds. The van der Waals surface area contributed by atoms with Gasteiger partial charge in [-0.15, -0.1) is 0 Å². The molecule has 0 aliphatic carbocycles. The van der Waals surface area contributed by atoms with Gasteiger partial charge in [0.1, 0.15) is 22.9 Å². The van der Waals surface area contributed by atoms with E-state index in [4.69, 9.17) is 13.9 Å². The summed E-state index contributed by atoms with van der Waals surface area (Å²) in [6.07, 6.45) is 1.36. The fourth-order valence-corrected chi connectivity index (χ4v) is 3.44. The van der Waals surface area contributed by atoms with Crippen LogP contribution >= 0.6 is 0 Å². The molecule has 1 aliphatic heterocycles. The Morgan fingerprint density at radius 1 is 1.03 bits per heavy atom. The number of hydrogen-bond donors (Lipinski definition) is 0. The number of furan rings is 1. The van der Waals surface area contributed by atoms with Crippen LogP contribution in [0.2, 0.25) is 0 Å². The first-order valence-electron chi connectivity index (χ1n) is 9.54. The Morgan fingerprint density at radius 2 is 1.81 bits per heavy atom. The van der Waals surface area contributed by atoms with Crippen LogP contribution in [0.3, 0.4) is 0 Å². The lowest BCUT2D eigenvalue weighted by atomic mass is 10.1. The molecule has 6 heteroatoms. The fraction of sp³-hybridized carbons (Fsp3) is 0.0400. The predicted octanol–water partition coefficient (Wildman–Crippen LogP) is 5.72. The highest BCUT2D eigenvalue weighted by Crippen LogP contribution is 2.39. The van der Waals surface area contributed by atoms with Crippen molar-refractivity contribution in [1.29, 1.82) is 0 Å². The molecule has 0 spiro atoms. The summed E-state index contributed by atoms with van der Waals surface area (Å²) in [5, 5.41) is 0.789. The molecule has 5 rings (SSSR count). The monoisotopic (exact) mass is 414 g/mol. The first kappa shape index (κ1) is 18.8. The summed E-state index contributed by atoms with van der Waals surface area (Å²) in [5.41, 5.74) is 1.63. The van der Waals surface area contributed by atoms with Crippen molar-refractivity contribution < 1.29 is 27.9 Å². The van der Waals surface area contributed by atoms with E-state index in [1.54, 1.807) is 37.3 Å². The van der Waals surface area contributed by atoms with E-state index in [0.29, 0.717) is 16.7 Å². The van der Waals surface area contributed by atoms with Crippen LogP contribution in [0.1, 0.15) is 32.0 Å². The zero-order valence-corrected chi connectivity index (χ0v) is 16.3. The number of esters is 1. The Hall–Kier alpha value is -4.19. The van der Waals surface area contributed by atoms with Crippen LogP contribution in [0.15, 0.2) is 76.9 Å². The lowest BCUT2D eigenvalue weighted by Gasteiger charge is -2.09. The van der Waals surface area contributed by atoms with Crippen LogP contribution in [0.5, 0.6) is 11.5 Å². The maximum Gasteiger partial charge on any atom is 0.379 e. The van der Waals surface area contributed by atoms with Crippen molar-refractivity contribution in [2.45, 2.75) is 6.92 Å². The van der Waals surface area contributed by atoms with Crippen LogP contribution in [0.25, 0.3) is 17.0 Å². The molecule has 0 atom stereocenters. The molecule has 0 bridgehead atoms. The minimum absolute atomic E-state index is 0.00367. The summed E-state index contributed by atoms with van der Waals surface area (Å²) in [6, 6.07) is 18.0. The first-order valence-corrected chi connectivity index (χ1v) is 9.54. The number of fused-ring (bicyclic) bond motifs is 2. The van der Waals surface area contributed by atoms with E-state index in [2.05, 4.69) is 0 Å². The van der Waals surface area contributed by atoms with Gasteiger partial charge in [0.05, 0.1) is 5.56 Å². The van der Waals surface area contributed by atoms with E-state index in [1.165, 1.54) is 24.3 Å². The summed E-state index contributed by atoms with van der Waals surface area (Å²) in [6.45, 7) is 1.68. The van der Waals surface area contributed by atoms with Gasteiger partial charge in [-0.25, -0.2) is 9.18 Å². The Bertz CT molecular complexity index is 1360. The molecule has 0 N–H and O–H groups in total. The van der Waals surface area contributed by atoms with Crippen molar-refractivity contribution in [3.8, 4) is 11.5 Å². The van der Waals surface area contributed by atoms with Crippen LogP contribution in [0, 0.1) is 12.7 Å². The van der Waals surface area contributed by atoms with Crippen LogP contribution in [0.4, 0.5) is 4.39 Å². The maximum absolute atomic E-state index is 13.9. The largest absolute Gasteiger partial charge is 0.452 e. The average molecular weight is 414 g/mol. The highest BCUT2D eigenvalue weighted by Gasteiger charge is 2.31. The molecule has 0 unspecified atom stereocenters. The second kappa shape index (κ2) is 7.25. The molecule has 2 heterocycles. The molecule has 1 aromatic heterocycles. The molecule has 5 nitrogen and oxygen atoms in total. The van der Waals surface area contributed by atoms with Gasteiger partial charge in [-0.05, 0) is 43.3 Å². The smallest absolute Gasteiger partial charge is 0.379 e. The quantitative estimate of drug-likeness (QED) is 0.244. The summed E-state index contributed by atoms with van der Waals surface area (Å²) < 4.78 is 30.7. The third kappa shape index (κ3) is 3.28. The van der Waals surface area contributed by atoms with Crippen molar-refractivity contribution in [2.75, 3.05) is 0 Å². The molecular formula is C25H15FO5. The number of para-hydroxylation sites is 1. The normalized spacial score (nSPS) is 14.0. The van der Waals surface area contributed by atoms with Crippen molar-refractivity contribution in [1.82, 2.24) is 0 Å². The third-order valence-electron chi connectivity index (χ3n) is 5.06. The number of carbonyl (C=O) groups is 2. The van der Waals surface area contributed by atoms with Crippen molar-refractivity contribution in [2.24, 2.45) is 0 Å². The van der Waals surface area contributed by atoms with Crippen molar-refractivity contribution in [3.63, 3.8) is 0 Å². The van der Waals surface area contributed by atoms with E-state index < -0.39 is 11.8 Å². The highest BCUT2D eigenvalue weighted by atomic mass is 19.1. The maximum atomic E-state index is 13.9. The standard InChI is InChI=1S/C25H15FO5/c1-14-19(31-25(28)22-13-16-7-3-5-9-20(16)29-22)11-10-17-23(27)21(30-24(14)17)12-15-6-2-4-8-18(15)26/h2-13H,1H3/b21-12-. The second-order valence-corrected chi connectivity index (χ2v) is 7.06. The van der Waals surface area contributed by atoms with Crippen molar-refractivity contribution in [3.05, 3.63) is 101 Å². The highest BCUT2D eigenvalue weighted by molar-refractivity contribution is 6.15. The van der Waals surface area contributed by atoms with E-state index in [-0.39, 0.29) is 34.4 Å². The minimum Gasteiger partial charge on any atom is -0.452 e. The number of allylic oxidation sites excluding steroid dienone is 1. The molecule has 1 aliphatic rings. The number of ketones is 1. The number of benzene rings is 3. The topological polar surface area (TPSA) is 65.7 Å². The van der Waals surface area contributed by atoms with Gasteiger partial charge in [-0.3, -0.25) is 4.79 Å². The summed E-state index contributed by atoms with van der Waals surface area (Å²) >= 11 is 0. The Balaban J connectivity index is 1.43. The minimum atomic E-state index is -0.661. The molecule has 0 fully saturated rings. The Kier molecular flexibility index (Phi) is 4.40. The number of Topliss-reactive ketones (excluding diaryl/α,β-unsaturated/α-hetero) is 1. The number of rotatable bonds is 3. The zero-order chi connectivity index (χ0) is 21.5. The summed E-state index contributed by atoms with van der Waals surface area (Å²) in [5.74, 6) is -0.893. The lowest BCUT2D eigenvalue weighted by Crippen LogP contribution is -2.08. The molecule has 0 saturated heterocycles. The predicted molar refractivity (Wildman–Crippen MR) is 112 cm³/mol. The third-order valence-corrected chi connectivity index (χ3v) is 5.06. The molecule has 152 valence electrons. The average Bonchev–Trinajstić information content (AvgIpc) is 3.34. The molecular weight excluding hydrogens is 399 g/mol. The van der Waals surface area contributed by atoms with Crippen molar-refractivity contribution >= 4 is 28.8 Å². The van der Waals surface area contributed by atoms with E-state index in [1.807, 2.05) is 18.2 Å². The van der Waals surface area contributed by atoms with Gasteiger partial charge >= 0.3 is 5.97 Å². The molecule has 0 saturated carbocycles. The van der Waals surface area contributed by atoms with E-state index >= 15 is 0 Å². The first-order chi connectivity index (χ1) is 15.0. The van der Waals surface area contributed by atoms with Crippen LogP contribution in [-0.4, -0.2) is 11.8 Å². The number of ether oxygens (including phenoxy) is 2. The molecule has 4 aromatic rings. The van der Waals surface area contributed by atoms with Gasteiger partial charge in [-0.2, -0.15) is 0 Å². The number of carbonyl (C=O) groups excluding carboxylic acids is 2. The second-order valence-electron chi connectivity index (χ2n) is 7.06. The molecule has 0 radical (unpaired) electrons. The number of hydrogen-bond acceptors (Lipinski definition) is 5. The molecule has 31 heavy (non-hydrogen) atoms. The lowest BCUT2D eigenvalue weighted by molar-refractivity contribution is 0.0702. The summed E-state index contributed by atoms with van der Waals surface area (Å²) in [4.78, 5) is 25.2. The number of halogens is 1. The Labute approximate surface area is 176 Å². The summed E-state index contributed by atoms with van der Waals surface area (Å²) in [7, 11) is 0.